The van der Waals surface area contributed by atoms with Crippen LogP contribution in [0.2, 0.25) is 0 Å². The van der Waals surface area contributed by atoms with Crippen molar-refractivity contribution in [2.75, 3.05) is 13.1 Å². The van der Waals surface area contributed by atoms with E-state index in [1.165, 1.54) is 0 Å². The number of amides is 1. The van der Waals surface area contributed by atoms with Crippen molar-refractivity contribution in [3.8, 4) is 0 Å². The smallest absolute Gasteiger partial charge is 0.252 e. The normalized spacial score (nSPS) is 12.5. The van der Waals surface area contributed by atoms with Crippen LogP contribution in [0.4, 0.5) is 0 Å². The average molecular weight is 220 g/mol. The van der Waals surface area contributed by atoms with Crippen LogP contribution in [0.5, 0.6) is 0 Å². The lowest BCUT2D eigenvalue weighted by molar-refractivity contribution is 0.0875. The van der Waals surface area contributed by atoms with Gasteiger partial charge in [0.25, 0.3) is 5.91 Å². The Morgan fingerprint density at radius 2 is 1.81 bits per heavy atom. The molecule has 1 amide bonds. The molecule has 88 valence electrons. The first-order valence-electron chi connectivity index (χ1n) is 5.79. The van der Waals surface area contributed by atoms with Gasteiger partial charge in [0, 0.05) is 5.56 Å². The summed E-state index contributed by atoms with van der Waals surface area (Å²) < 4.78 is 0. The molecule has 0 bridgehead atoms. The second-order valence-electron chi connectivity index (χ2n) is 3.74. The SMILES string of the molecule is CCN(CC)C(C)NC(=O)c1ccccc1. The highest BCUT2D eigenvalue weighted by Gasteiger charge is 2.13. The van der Waals surface area contributed by atoms with Gasteiger partial charge in [0.2, 0.25) is 0 Å². The minimum atomic E-state index is -0.0139. The number of nitrogens with one attached hydrogen (secondary N) is 1. The number of hydrogen-bond acceptors (Lipinski definition) is 2. The predicted molar refractivity (Wildman–Crippen MR) is 66.3 cm³/mol. The summed E-state index contributed by atoms with van der Waals surface area (Å²) in [5, 5.41) is 2.99. The Labute approximate surface area is 97.5 Å². The van der Waals surface area contributed by atoms with Crippen LogP contribution in [0.1, 0.15) is 31.1 Å². The van der Waals surface area contributed by atoms with E-state index in [4.69, 9.17) is 0 Å². The van der Waals surface area contributed by atoms with E-state index in [0.717, 1.165) is 13.1 Å². The molecule has 1 rings (SSSR count). The van der Waals surface area contributed by atoms with Crippen molar-refractivity contribution < 1.29 is 4.79 Å². The minimum Gasteiger partial charge on any atom is -0.337 e. The lowest BCUT2D eigenvalue weighted by Gasteiger charge is -2.27. The fraction of sp³-hybridized carbons (Fsp3) is 0.462. The van der Waals surface area contributed by atoms with Crippen LogP contribution in [0.25, 0.3) is 0 Å². The van der Waals surface area contributed by atoms with Gasteiger partial charge < -0.3 is 5.32 Å². The number of hydrogen-bond donors (Lipinski definition) is 1. The lowest BCUT2D eigenvalue weighted by Crippen LogP contribution is -2.46. The van der Waals surface area contributed by atoms with Crippen LogP contribution in [-0.2, 0) is 0 Å². The summed E-state index contributed by atoms with van der Waals surface area (Å²) in [7, 11) is 0. The molecular weight excluding hydrogens is 200 g/mol. The van der Waals surface area contributed by atoms with E-state index in [1.54, 1.807) is 0 Å². The van der Waals surface area contributed by atoms with Crippen LogP contribution in [0.15, 0.2) is 30.3 Å². The molecule has 0 spiro atoms. The topological polar surface area (TPSA) is 32.3 Å². The van der Waals surface area contributed by atoms with Crippen LogP contribution in [0, 0.1) is 0 Å². The summed E-state index contributed by atoms with van der Waals surface area (Å²) in [6.45, 7) is 8.07. The second kappa shape index (κ2) is 6.28. The van der Waals surface area contributed by atoms with Crippen molar-refractivity contribution in [2.45, 2.75) is 26.9 Å². The zero-order valence-electron chi connectivity index (χ0n) is 10.2. The molecule has 1 aromatic rings. The maximum atomic E-state index is 11.9. The predicted octanol–water partition coefficient (Wildman–Crippen LogP) is 2.10. The van der Waals surface area contributed by atoms with Crippen LogP contribution >= 0.6 is 0 Å². The van der Waals surface area contributed by atoms with E-state index in [2.05, 4.69) is 24.1 Å². The van der Waals surface area contributed by atoms with Crippen molar-refractivity contribution in [3.05, 3.63) is 35.9 Å². The van der Waals surface area contributed by atoms with E-state index < -0.39 is 0 Å². The average Bonchev–Trinajstić information content (AvgIpc) is 2.31. The monoisotopic (exact) mass is 220 g/mol. The standard InChI is InChI=1S/C13H20N2O/c1-4-15(5-2)11(3)14-13(16)12-9-7-6-8-10-12/h6-11H,4-5H2,1-3H3,(H,14,16). The van der Waals surface area contributed by atoms with Gasteiger partial charge in [0.15, 0.2) is 0 Å². The Bertz CT molecular complexity index is 320. The van der Waals surface area contributed by atoms with Gasteiger partial charge in [-0.15, -0.1) is 0 Å². The minimum absolute atomic E-state index is 0.0139. The molecule has 1 aromatic carbocycles. The zero-order valence-corrected chi connectivity index (χ0v) is 10.2. The molecule has 0 saturated heterocycles. The van der Waals surface area contributed by atoms with Gasteiger partial charge in [-0.2, -0.15) is 0 Å². The molecular formula is C13H20N2O. The zero-order chi connectivity index (χ0) is 12.0. The van der Waals surface area contributed by atoms with Gasteiger partial charge in [0.1, 0.15) is 0 Å². The molecule has 3 nitrogen and oxygen atoms in total. The van der Waals surface area contributed by atoms with Gasteiger partial charge in [-0.05, 0) is 32.1 Å². The number of carbonyl (C=O) groups is 1. The highest BCUT2D eigenvalue weighted by atomic mass is 16.1. The Hall–Kier alpha value is -1.35. The Morgan fingerprint density at radius 3 is 2.31 bits per heavy atom. The summed E-state index contributed by atoms with van der Waals surface area (Å²) in [6.07, 6.45) is 0.0720. The maximum absolute atomic E-state index is 11.9. The number of benzene rings is 1. The molecule has 0 aliphatic heterocycles. The summed E-state index contributed by atoms with van der Waals surface area (Å²) in [4.78, 5) is 14.0. The first kappa shape index (κ1) is 12.7. The summed E-state index contributed by atoms with van der Waals surface area (Å²) in [6, 6.07) is 9.30. The molecule has 16 heavy (non-hydrogen) atoms. The Morgan fingerprint density at radius 1 is 1.25 bits per heavy atom. The second-order valence-corrected chi connectivity index (χ2v) is 3.74. The summed E-state index contributed by atoms with van der Waals surface area (Å²) >= 11 is 0. The third-order valence-corrected chi connectivity index (χ3v) is 2.74. The van der Waals surface area contributed by atoms with Gasteiger partial charge in [-0.3, -0.25) is 9.69 Å². The summed E-state index contributed by atoms with van der Waals surface area (Å²) in [5.74, 6) is -0.0139. The summed E-state index contributed by atoms with van der Waals surface area (Å²) in [5.41, 5.74) is 0.710. The molecule has 0 heterocycles. The van der Waals surface area contributed by atoms with Crippen molar-refractivity contribution in [3.63, 3.8) is 0 Å². The Kier molecular flexibility index (Phi) is 4.99. The molecule has 1 N–H and O–H groups in total. The highest BCUT2D eigenvalue weighted by Crippen LogP contribution is 2.01. The lowest BCUT2D eigenvalue weighted by atomic mass is 10.2. The van der Waals surface area contributed by atoms with Gasteiger partial charge in [-0.25, -0.2) is 0 Å². The van der Waals surface area contributed by atoms with E-state index in [9.17, 15) is 4.79 Å². The van der Waals surface area contributed by atoms with Gasteiger partial charge in [-0.1, -0.05) is 32.0 Å². The molecule has 0 fully saturated rings. The van der Waals surface area contributed by atoms with E-state index >= 15 is 0 Å². The fourth-order valence-electron chi connectivity index (χ4n) is 1.73. The van der Waals surface area contributed by atoms with Crippen molar-refractivity contribution >= 4 is 5.91 Å². The first-order chi connectivity index (χ1) is 7.69. The Balaban J connectivity index is 2.58. The molecule has 0 saturated carbocycles. The molecule has 0 radical (unpaired) electrons. The third kappa shape index (κ3) is 3.35. The molecule has 3 heteroatoms. The highest BCUT2D eigenvalue weighted by molar-refractivity contribution is 5.94. The molecule has 1 unspecified atom stereocenters. The van der Waals surface area contributed by atoms with E-state index in [1.807, 2.05) is 37.3 Å². The van der Waals surface area contributed by atoms with E-state index in [0.29, 0.717) is 5.56 Å². The van der Waals surface area contributed by atoms with Gasteiger partial charge >= 0.3 is 0 Å². The van der Waals surface area contributed by atoms with Crippen LogP contribution < -0.4 is 5.32 Å². The fourth-order valence-corrected chi connectivity index (χ4v) is 1.73. The first-order valence-corrected chi connectivity index (χ1v) is 5.79. The van der Waals surface area contributed by atoms with Crippen molar-refractivity contribution in [1.29, 1.82) is 0 Å². The molecule has 1 atom stereocenters. The van der Waals surface area contributed by atoms with E-state index in [-0.39, 0.29) is 12.1 Å². The quantitative estimate of drug-likeness (QED) is 0.771. The molecule has 0 aromatic heterocycles. The number of rotatable bonds is 5. The van der Waals surface area contributed by atoms with Crippen LogP contribution in [-0.4, -0.2) is 30.1 Å². The van der Waals surface area contributed by atoms with Gasteiger partial charge in [0.05, 0.1) is 6.17 Å². The maximum Gasteiger partial charge on any atom is 0.252 e. The molecule has 0 aliphatic rings. The van der Waals surface area contributed by atoms with Crippen molar-refractivity contribution in [1.82, 2.24) is 10.2 Å². The number of carbonyl (C=O) groups excluding carboxylic acids is 1. The van der Waals surface area contributed by atoms with Crippen LogP contribution in [0.3, 0.4) is 0 Å². The van der Waals surface area contributed by atoms with Crippen molar-refractivity contribution in [2.24, 2.45) is 0 Å². The molecule has 0 aliphatic carbocycles. The third-order valence-electron chi connectivity index (χ3n) is 2.74. The largest absolute Gasteiger partial charge is 0.337 e. The number of nitrogens with zero attached hydrogens (tertiary/aromatic N) is 1.